The van der Waals surface area contributed by atoms with Gasteiger partial charge in [0.05, 0.1) is 0 Å². The Morgan fingerprint density at radius 1 is 1.11 bits per heavy atom. The maximum atomic E-state index is 3.60. The van der Waals surface area contributed by atoms with Gasteiger partial charge in [-0.1, -0.05) is 24.6 Å². The van der Waals surface area contributed by atoms with Gasteiger partial charge in [-0.3, -0.25) is 0 Å². The van der Waals surface area contributed by atoms with Gasteiger partial charge in [-0.25, -0.2) is 0 Å². The summed E-state index contributed by atoms with van der Waals surface area (Å²) in [5.41, 5.74) is 5.59. The van der Waals surface area contributed by atoms with E-state index in [0.717, 1.165) is 19.6 Å². The molecule has 0 aromatic heterocycles. The van der Waals surface area contributed by atoms with Crippen LogP contribution < -0.4 is 10.6 Å². The molecule has 0 spiro atoms. The summed E-state index contributed by atoms with van der Waals surface area (Å²) in [6, 6.07) is 5.05. The Kier molecular flexibility index (Phi) is 6.37. The lowest BCUT2D eigenvalue weighted by Gasteiger charge is -2.17. The molecule has 0 fully saturated rings. The van der Waals surface area contributed by atoms with Crippen molar-refractivity contribution in [3.63, 3.8) is 0 Å². The van der Waals surface area contributed by atoms with Crippen molar-refractivity contribution in [3.05, 3.63) is 34.4 Å². The molecular formula is C16H28N2. The molecule has 0 saturated heterocycles. The second kappa shape index (κ2) is 7.55. The zero-order chi connectivity index (χ0) is 13.5. The van der Waals surface area contributed by atoms with E-state index in [1.807, 2.05) is 0 Å². The molecule has 1 atom stereocenters. The predicted molar refractivity (Wildman–Crippen MR) is 80.1 cm³/mol. The maximum Gasteiger partial charge on any atom is 0.0213 e. The van der Waals surface area contributed by atoms with Gasteiger partial charge < -0.3 is 10.6 Å². The van der Waals surface area contributed by atoms with Crippen molar-refractivity contribution >= 4 is 0 Å². The zero-order valence-corrected chi connectivity index (χ0v) is 12.6. The molecule has 102 valence electrons. The van der Waals surface area contributed by atoms with E-state index in [4.69, 9.17) is 0 Å². The van der Waals surface area contributed by atoms with Crippen molar-refractivity contribution in [2.45, 2.75) is 53.6 Å². The summed E-state index contributed by atoms with van der Waals surface area (Å²) in [7, 11) is 0. The number of nitrogens with one attached hydrogen (secondary N) is 2. The summed E-state index contributed by atoms with van der Waals surface area (Å²) in [6.45, 7) is 14.1. The van der Waals surface area contributed by atoms with Gasteiger partial charge in [0.25, 0.3) is 0 Å². The lowest BCUT2D eigenvalue weighted by atomic mass is 9.99. The molecule has 1 aromatic carbocycles. The smallest absolute Gasteiger partial charge is 0.0213 e. The van der Waals surface area contributed by atoms with Gasteiger partial charge in [-0.05, 0) is 57.4 Å². The number of aryl methyl sites for hydroxylation is 3. The van der Waals surface area contributed by atoms with Gasteiger partial charge in [-0.15, -0.1) is 0 Å². The highest BCUT2D eigenvalue weighted by atomic mass is 15.0. The van der Waals surface area contributed by atoms with Gasteiger partial charge in [0.2, 0.25) is 0 Å². The maximum absolute atomic E-state index is 3.60. The highest BCUT2D eigenvalue weighted by molar-refractivity contribution is 5.37. The molecule has 1 aromatic rings. The molecule has 0 aliphatic carbocycles. The first-order valence-corrected chi connectivity index (χ1v) is 7.05. The summed E-state index contributed by atoms with van der Waals surface area (Å²) in [4.78, 5) is 0. The average Bonchev–Trinajstić information content (AvgIpc) is 2.27. The van der Waals surface area contributed by atoms with Gasteiger partial charge in [0.15, 0.2) is 0 Å². The fourth-order valence-electron chi connectivity index (χ4n) is 2.33. The third-order valence-corrected chi connectivity index (χ3v) is 3.34. The Labute approximate surface area is 112 Å². The van der Waals surface area contributed by atoms with E-state index in [1.54, 1.807) is 0 Å². The molecule has 0 bridgehead atoms. The van der Waals surface area contributed by atoms with E-state index in [0.29, 0.717) is 6.04 Å². The van der Waals surface area contributed by atoms with E-state index in [1.165, 1.54) is 28.7 Å². The third-order valence-electron chi connectivity index (χ3n) is 3.34. The lowest BCUT2D eigenvalue weighted by molar-refractivity contribution is 0.500. The minimum absolute atomic E-state index is 0.511. The fraction of sp³-hybridized carbons (Fsp3) is 0.625. The first-order valence-electron chi connectivity index (χ1n) is 7.05. The van der Waals surface area contributed by atoms with Crippen LogP contribution in [0.2, 0.25) is 0 Å². The van der Waals surface area contributed by atoms with Crippen LogP contribution in [0, 0.1) is 20.8 Å². The molecule has 1 unspecified atom stereocenters. The summed E-state index contributed by atoms with van der Waals surface area (Å²) in [5, 5.41) is 7.04. The topological polar surface area (TPSA) is 24.1 Å². The molecule has 0 radical (unpaired) electrons. The molecule has 0 aliphatic heterocycles. The Hall–Kier alpha value is -0.860. The van der Waals surface area contributed by atoms with Gasteiger partial charge >= 0.3 is 0 Å². The van der Waals surface area contributed by atoms with E-state index >= 15 is 0 Å². The second-order valence-corrected chi connectivity index (χ2v) is 5.36. The normalized spacial score (nSPS) is 12.7. The van der Waals surface area contributed by atoms with Crippen molar-refractivity contribution in [2.24, 2.45) is 0 Å². The van der Waals surface area contributed by atoms with Crippen LogP contribution in [0.4, 0.5) is 0 Å². The van der Waals surface area contributed by atoms with E-state index in [9.17, 15) is 0 Å². The van der Waals surface area contributed by atoms with E-state index < -0.39 is 0 Å². The molecule has 0 amide bonds. The summed E-state index contributed by atoms with van der Waals surface area (Å²) in [6.07, 6.45) is 1.20. The highest BCUT2D eigenvalue weighted by Gasteiger charge is 2.06. The lowest BCUT2D eigenvalue weighted by Crippen LogP contribution is -2.36. The zero-order valence-electron chi connectivity index (χ0n) is 12.6. The van der Waals surface area contributed by atoms with Crippen molar-refractivity contribution < 1.29 is 0 Å². The van der Waals surface area contributed by atoms with Crippen LogP contribution in [0.1, 0.15) is 42.5 Å². The van der Waals surface area contributed by atoms with Gasteiger partial charge in [0, 0.05) is 19.1 Å². The number of hydrogen-bond donors (Lipinski definition) is 2. The molecule has 2 N–H and O–H groups in total. The van der Waals surface area contributed by atoms with Crippen LogP contribution >= 0.6 is 0 Å². The van der Waals surface area contributed by atoms with Crippen LogP contribution in [0.5, 0.6) is 0 Å². The van der Waals surface area contributed by atoms with E-state index in [-0.39, 0.29) is 0 Å². The van der Waals surface area contributed by atoms with Crippen LogP contribution in [0.15, 0.2) is 12.1 Å². The Morgan fingerprint density at radius 3 is 2.28 bits per heavy atom. The molecule has 2 nitrogen and oxygen atoms in total. The molecule has 0 heterocycles. The molecule has 0 saturated carbocycles. The van der Waals surface area contributed by atoms with Crippen LogP contribution in [0.3, 0.4) is 0 Å². The SMILES string of the molecule is CCCNCC(C)NCc1c(C)cc(C)cc1C. The first kappa shape index (κ1) is 15.2. The Bertz CT molecular complexity index is 348. The van der Waals surface area contributed by atoms with Crippen LogP contribution in [-0.2, 0) is 6.54 Å². The number of hydrogen-bond acceptors (Lipinski definition) is 2. The van der Waals surface area contributed by atoms with Gasteiger partial charge in [0.1, 0.15) is 0 Å². The highest BCUT2D eigenvalue weighted by Crippen LogP contribution is 2.16. The third kappa shape index (κ3) is 4.79. The molecule has 18 heavy (non-hydrogen) atoms. The molecular weight excluding hydrogens is 220 g/mol. The summed E-state index contributed by atoms with van der Waals surface area (Å²) in [5.74, 6) is 0. The predicted octanol–water partition coefficient (Wildman–Crippen LogP) is 3.09. The summed E-state index contributed by atoms with van der Waals surface area (Å²) >= 11 is 0. The summed E-state index contributed by atoms with van der Waals surface area (Å²) < 4.78 is 0. The molecule has 2 heteroatoms. The average molecular weight is 248 g/mol. The van der Waals surface area contributed by atoms with Crippen molar-refractivity contribution in [1.82, 2.24) is 10.6 Å². The Balaban J connectivity index is 2.48. The minimum atomic E-state index is 0.511. The molecule has 0 aliphatic rings. The fourth-order valence-corrected chi connectivity index (χ4v) is 2.33. The minimum Gasteiger partial charge on any atom is -0.315 e. The number of rotatable bonds is 7. The Morgan fingerprint density at radius 2 is 1.72 bits per heavy atom. The number of benzene rings is 1. The van der Waals surface area contributed by atoms with Crippen molar-refractivity contribution in [1.29, 1.82) is 0 Å². The standard InChI is InChI=1S/C16H28N2/c1-6-7-17-10-15(5)18-11-16-13(3)8-12(2)9-14(16)4/h8-9,15,17-18H,6-7,10-11H2,1-5H3. The first-order chi connectivity index (χ1) is 8.54. The van der Waals surface area contributed by atoms with Crippen molar-refractivity contribution in [3.8, 4) is 0 Å². The van der Waals surface area contributed by atoms with Crippen molar-refractivity contribution in [2.75, 3.05) is 13.1 Å². The van der Waals surface area contributed by atoms with Crippen LogP contribution in [-0.4, -0.2) is 19.1 Å². The second-order valence-electron chi connectivity index (χ2n) is 5.36. The molecule has 1 rings (SSSR count). The van der Waals surface area contributed by atoms with Crippen LogP contribution in [0.25, 0.3) is 0 Å². The van der Waals surface area contributed by atoms with Gasteiger partial charge in [-0.2, -0.15) is 0 Å². The monoisotopic (exact) mass is 248 g/mol. The largest absolute Gasteiger partial charge is 0.315 e. The quantitative estimate of drug-likeness (QED) is 0.725. The van der Waals surface area contributed by atoms with E-state index in [2.05, 4.69) is 57.4 Å².